The van der Waals surface area contributed by atoms with E-state index in [0.717, 1.165) is 30.0 Å². The first-order valence-electron chi connectivity index (χ1n) is 7.22. The van der Waals surface area contributed by atoms with Gasteiger partial charge in [0.25, 0.3) is 0 Å². The standard InChI is InChI=1S/C15H23NO3S/c1-3-7-16-12(2)11-20(17)13-5-6-14-15(10-13)19-9-4-8-18-14/h5-6,10,12,16H,3-4,7-9,11H2,1-2H3. The molecular formula is C15H23NO3S. The van der Waals surface area contributed by atoms with Crippen LogP contribution in [0.4, 0.5) is 0 Å². The van der Waals surface area contributed by atoms with Crippen LogP contribution in [0.25, 0.3) is 0 Å². The first-order valence-corrected chi connectivity index (χ1v) is 8.54. The Morgan fingerprint density at radius 3 is 2.80 bits per heavy atom. The second-order valence-corrected chi connectivity index (χ2v) is 6.52. The first kappa shape index (κ1) is 15.3. The summed E-state index contributed by atoms with van der Waals surface area (Å²) in [5.41, 5.74) is 0. The average Bonchev–Trinajstić information content (AvgIpc) is 2.69. The van der Waals surface area contributed by atoms with Crippen LogP contribution in [-0.2, 0) is 10.8 Å². The van der Waals surface area contributed by atoms with Crippen molar-refractivity contribution in [2.45, 2.75) is 37.6 Å². The summed E-state index contributed by atoms with van der Waals surface area (Å²) in [7, 11) is -1.02. The highest BCUT2D eigenvalue weighted by Crippen LogP contribution is 2.31. The summed E-state index contributed by atoms with van der Waals surface area (Å²) in [5, 5.41) is 3.36. The molecule has 1 aliphatic rings. The molecule has 0 radical (unpaired) electrons. The zero-order valence-corrected chi connectivity index (χ0v) is 13.0. The lowest BCUT2D eigenvalue weighted by molar-refractivity contribution is 0.297. The van der Waals surface area contributed by atoms with E-state index in [9.17, 15) is 4.21 Å². The Kier molecular flexibility index (Phi) is 5.86. The van der Waals surface area contributed by atoms with Gasteiger partial charge in [-0.2, -0.15) is 0 Å². The molecule has 2 atom stereocenters. The average molecular weight is 297 g/mol. The van der Waals surface area contributed by atoms with E-state index in [2.05, 4.69) is 19.2 Å². The van der Waals surface area contributed by atoms with Crippen LogP contribution >= 0.6 is 0 Å². The van der Waals surface area contributed by atoms with Crippen LogP contribution in [0, 0.1) is 0 Å². The van der Waals surface area contributed by atoms with Gasteiger partial charge in [0, 0.05) is 29.2 Å². The molecule has 0 saturated heterocycles. The van der Waals surface area contributed by atoms with Crippen molar-refractivity contribution in [1.29, 1.82) is 0 Å². The summed E-state index contributed by atoms with van der Waals surface area (Å²) in [6, 6.07) is 5.82. The van der Waals surface area contributed by atoms with Gasteiger partial charge in [0.15, 0.2) is 11.5 Å². The monoisotopic (exact) mass is 297 g/mol. The normalized spacial score (nSPS) is 17.3. The molecule has 0 spiro atoms. The van der Waals surface area contributed by atoms with Crippen molar-refractivity contribution in [2.24, 2.45) is 0 Å². The Bertz CT molecular complexity index is 464. The minimum atomic E-state index is -1.02. The molecule has 1 aliphatic heterocycles. The molecule has 0 aromatic heterocycles. The highest BCUT2D eigenvalue weighted by Gasteiger charge is 2.15. The minimum Gasteiger partial charge on any atom is -0.490 e. The summed E-state index contributed by atoms with van der Waals surface area (Å²) >= 11 is 0. The fourth-order valence-electron chi connectivity index (χ4n) is 2.06. The van der Waals surface area contributed by atoms with Crippen LogP contribution in [0.5, 0.6) is 11.5 Å². The predicted octanol–water partition coefficient (Wildman–Crippen LogP) is 2.34. The van der Waals surface area contributed by atoms with Crippen molar-refractivity contribution in [1.82, 2.24) is 5.32 Å². The largest absolute Gasteiger partial charge is 0.490 e. The van der Waals surface area contributed by atoms with Crippen molar-refractivity contribution in [3.05, 3.63) is 18.2 Å². The Morgan fingerprint density at radius 2 is 2.05 bits per heavy atom. The number of benzene rings is 1. The van der Waals surface area contributed by atoms with Crippen LogP contribution in [0.1, 0.15) is 26.7 Å². The SMILES string of the molecule is CCCNC(C)CS(=O)c1ccc2c(c1)OCCCO2. The maximum absolute atomic E-state index is 12.4. The Hall–Kier alpha value is -1.07. The van der Waals surface area contributed by atoms with E-state index in [4.69, 9.17) is 9.47 Å². The first-order chi connectivity index (χ1) is 9.70. The molecule has 112 valence electrons. The maximum Gasteiger partial charge on any atom is 0.162 e. The molecule has 1 aromatic carbocycles. The Balaban J connectivity index is 2.01. The molecule has 0 bridgehead atoms. The summed E-state index contributed by atoms with van der Waals surface area (Å²) in [6.07, 6.45) is 1.96. The zero-order valence-electron chi connectivity index (χ0n) is 12.2. The van der Waals surface area contributed by atoms with Gasteiger partial charge in [-0.15, -0.1) is 0 Å². The van der Waals surface area contributed by atoms with Crippen molar-refractivity contribution in [2.75, 3.05) is 25.5 Å². The van der Waals surface area contributed by atoms with Gasteiger partial charge in [-0.05, 0) is 32.0 Å². The highest BCUT2D eigenvalue weighted by atomic mass is 32.2. The smallest absolute Gasteiger partial charge is 0.162 e. The third-order valence-electron chi connectivity index (χ3n) is 3.13. The van der Waals surface area contributed by atoms with Crippen molar-refractivity contribution >= 4 is 10.8 Å². The van der Waals surface area contributed by atoms with E-state index in [1.165, 1.54) is 0 Å². The van der Waals surface area contributed by atoms with E-state index in [0.29, 0.717) is 24.7 Å². The molecule has 0 fully saturated rings. The zero-order chi connectivity index (χ0) is 14.4. The Labute approximate surface area is 123 Å². The van der Waals surface area contributed by atoms with Crippen LogP contribution in [0.3, 0.4) is 0 Å². The molecule has 1 heterocycles. The Morgan fingerprint density at radius 1 is 1.30 bits per heavy atom. The van der Waals surface area contributed by atoms with E-state index < -0.39 is 10.8 Å². The lowest BCUT2D eigenvalue weighted by Crippen LogP contribution is -2.31. The molecule has 1 N–H and O–H groups in total. The molecule has 5 heteroatoms. The van der Waals surface area contributed by atoms with Gasteiger partial charge in [0.05, 0.1) is 24.0 Å². The van der Waals surface area contributed by atoms with E-state index >= 15 is 0 Å². The number of hydrogen-bond acceptors (Lipinski definition) is 4. The van der Waals surface area contributed by atoms with Gasteiger partial charge in [0.1, 0.15) is 0 Å². The fourth-order valence-corrected chi connectivity index (χ4v) is 3.28. The number of fused-ring (bicyclic) bond motifs is 1. The highest BCUT2D eigenvalue weighted by molar-refractivity contribution is 7.85. The molecule has 4 nitrogen and oxygen atoms in total. The molecule has 0 aliphatic carbocycles. The van der Waals surface area contributed by atoms with Gasteiger partial charge in [0.2, 0.25) is 0 Å². The maximum atomic E-state index is 12.4. The van der Waals surface area contributed by atoms with Crippen molar-refractivity contribution in [3.63, 3.8) is 0 Å². The van der Waals surface area contributed by atoms with Crippen LogP contribution in [0.15, 0.2) is 23.1 Å². The summed E-state index contributed by atoms with van der Waals surface area (Å²) in [6.45, 7) is 6.47. The number of ether oxygens (including phenoxy) is 2. The summed E-state index contributed by atoms with van der Waals surface area (Å²) in [5.74, 6) is 2.07. The van der Waals surface area contributed by atoms with Crippen molar-refractivity contribution in [3.8, 4) is 11.5 Å². The number of rotatable bonds is 6. The number of nitrogens with one attached hydrogen (secondary N) is 1. The second-order valence-electron chi connectivity index (χ2n) is 5.03. The molecule has 2 unspecified atom stereocenters. The molecular weight excluding hydrogens is 274 g/mol. The van der Waals surface area contributed by atoms with E-state index in [1.54, 1.807) is 0 Å². The van der Waals surface area contributed by atoms with Crippen LogP contribution < -0.4 is 14.8 Å². The summed E-state index contributed by atoms with van der Waals surface area (Å²) < 4.78 is 23.6. The van der Waals surface area contributed by atoms with Gasteiger partial charge < -0.3 is 14.8 Å². The quantitative estimate of drug-likeness (QED) is 0.875. The van der Waals surface area contributed by atoms with Crippen LogP contribution in [-0.4, -0.2) is 35.8 Å². The molecule has 2 rings (SSSR count). The molecule has 0 saturated carbocycles. The number of hydrogen-bond donors (Lipinski definition) is 1. The van der Waals surface area contributed by atoms with Crippen molar-refractivity contribution < 1.29 is 13.7 Å². The van der Waals surface area contributed by atoms with Gasteiger partial charge in [-0.1, -0.05) is 6.92 Å². The fraction of sp³-hybridized carbons (Fsp3) is 0.600. The second kappa shape index (κ2) is 7.64. The van der Waals surface area contributed by atoms with Gasteiger partial charge in [-0.3, -0.25) is 4.21 Å². The third kappa shape index (κ3) is 4.21. The van der Waals surface area contributed by atoms with E-state index in [1.807, 2.05) is 18.2 Å². The topological polar surface area (TPSA) is 47.6 Å². The van der Waals surface area contributed by atoms with Gasteiger partial charge in [-0.25, -0.2) is 0 Å². The van der Waals surface area contributed by atoms with E-state index in [-0.39, 0.29) is 6.04 Å². The minimum absolute atomic E-state index is 0.242. The molecule has 0 amide bonds. The lowest BCUT2D eigenvalue weighted by Gasteiger charge is -2.14. The molecule has 20 heavy (non-hydrogen) atoms. The lowest BCUT2D eigenvalue weighted by atomic mass is 10.3. The van der Waals surface area contributed by atoms with Crippen LogP contribution in [0.2, 0.25) is 0 Å². The summed E-state index contributed by atoms with van der Waals surface area (Å²) in [4.78, 5) is 0.805. The third-order valence-corrected chi connectivity index (χ3v) is 4.71. The van der Waals surface area contributed by atoms with Gasteiger partial charge >= 0.3 is 0 Å². The molecule has 1 aromatic rings. The predicted molar refractivity (Wildman–Crippen MR) is 81.1 cm³/mol.